The third kappa shape index (κ3) is 4.79. The van der Waals surface area contributed by atoms with E-state index in [1.54, 1.807) is 28.1 Å². The molecule has 2 N–H and O–H groups in total. The molecule has 0 bridgehead atoms. The van der Waals surface area contributed by atoms with Crippen molar-refractivity contribution in [2.75, 3.05) is 46.2 Å². The second-order valence-corrected chi connectivity index (χ2v) is 7.53. The van der Waals surface area contributed by atoms with Crippen LogP contribution in [-0.2, 0) is 27.2 Å². The molecule has 1 aliphatic rings. The van der Waals surface area contributed by atoms with E-state index >= 15 is 0 Å². The lowest BCUT2D eigenvalue weighted by Crippen LogP contribution is -3.11. The van der Waals surface area contributed by atoms with Crippen molar-refractivity contribution in [3.05, 3.63) is 16.0 Å². The quantitative estimate of drug-likeness (QED) is 0.662. The zero-order valence-electron chi connectivity index (χ0n) is 15.2. The molecule has 0 fully saturated rings. The van der Waals surface area contributed by atoms with Crippen LogP contribution in [0.3, 0.4) is 0 Å². The number of ether oxygens (including phenoxy) is 1. The van der Waals surface area contributed by atoms with Gasteiger partial charge in [-0.2, -0.15) is 0 Å². The molecule has 0 spiro atoms. The van der Waals surface area contributed by atoms with Gasteiger partial charge in [0.15, 0.2) is 13.1 Å². The molecule has 0 radical (unpaired) electrons. The maximum atomic E-state index is 12.3. The molecule has 25 heavy (non-hydrogen) atoms. The maximum Gasteiger partial charge on any atom is 0.341 e. The summed E-state index contributed by atoms with van der Waals surface area (Å²) < 4.78 is 5.15. The van der Waals surface area contributed by atoms with Gasteiger partial charge in [0.25, 0.3) is 11.8 Å². The Morgan fingerprint density at radius 3 is 2.60 bits per heavy atom. The highest BCUT2D eigenvalue weighted by atomic mass is 32.1. The van der Waals surface area contributed by atoms with Crippen molar-refractivity contribution in [1.29, 1.82) is 0 Å². The van der Waals surface area contributed by atoms with Gasteiger partial charge in [0.2, 0.25) is 0 Å². The Hall–Kier alpha value is -1.93. The Labute approximate surface area is 151 Å². The smallest absolute Gasteiger partial charge is 0.341 e. The number of carbonyl (C=O) groups is 3. The average molecular weight is 368 g/mol. The number of amides is 2. The van der Waals surface area contributed by atoms with E-state index < -0.39 is 0 Å². The van der Waals surface area contributed by atoms with E-state index in [1.165, 1.54) is 16.2 Å². The molecule has 0 aromatic carbocycles. The number of hydrogen-bond acceptors (Lipinski definition) is 5. The van der Waals surface area contributed by atoms with Gasteiger partial charge in [-0.05, 0) is 31.7 Å². The summed E-state index contributed by atoms with van der Waals surface area (Å²) >= 11 is 1.46. The summed E-state index contributed by atoms with van der Waals surface area (Å²) in [4.78, 5) is 39.8. The Morgan fingerprint density at radius 1 is 1.24 bits per heavy atom. The van der Waals surface area contributed by atoms with Crippen molar-refractivity contribution in [2.45, 2.75) is 26.2 Å². The summed E-state index contributed by atoms with van der Waals surface area (Å²) in [5.41, 5.74) is 1.52. The number of quaternary nitrogens is 1. The van der Waals surface area contributed by atoms with Crippen LogP contribution in [0.5, 0.6) is 0 Å². The van der Waals surface area contributed by atoms with Gasteiger partial charge < -0.3 is 19.9 Å². The molecule has 1 unspecified atom stereocenters. The van der Waals surface area contributed by atoms with E-state index in [9.17, 15) is 14.4 Å². The number of rotatable bonds is 7. The third-order valence-electron chi connectivity index (χ3n) is 4.07. The van der Waals surface area contributed by atoms with Crippen LogP contribution in [0.4, 0.5) is 5.00 Å². The molecule has 2 rings (SSSR count). The maximum absolute atomic E-state index is 12.3. The monoisotopic (exact) mass is 368 g/mol. The first-order chi connectivity index (χ1) is 11.8. The second kappa shape index (κ2) is 8.44. The lowest BCUT2D eigenvalue weighted by molar-refractivity contribution is -0.862. The average Bonchev–Trinajstić information content (AvgIpc) is 3.06. The van der Waals surface area contributed by atoms with E-state index in [2.05, 4.69) is 5.32 Å². The van der Waals surface area contributed by atoms with Gasteiger partial charge in [-0.15, -0.1) is 11.3 Å². The van der Waals surface area contributed by atoms with Gasteiger partial charge in [0.05, 0.1) is 19.2 Å². The molecule has 0 saturated heterocycles. The minimum Gasteiger partial charge on any atom is -0.462 e. The van der Waals surface area contributed by atoms with E-state index in [1.807, 2.05) is 0 Å². The van der Waals surface area contributed by atoms with Crippen LogP contribution in [0.2, 0.25) is 0 Å². The topological polar surface area (TPSA) is 80.1 Å². The van der Waals surface area contributed by atoms with Crippen LogP contribution in [0.25, 0.3) is 0 Å². The van der Waals surface area contributed by atoms with Crippen LogP contribution in [-0.4, -0.2) is 63.5 Å². The van der Waals surface area contributed by atoms with E-state index in [-0.39, 0.29) is 30.9 Å². The normalized spacial score (nSPS) is 13.9. The number of carbonyl (C=O) groups excluding carboxylic acids is 3. The van der Waals surface area contributed by atoms with Crippen LogP contribution in [0.15, 0.2) is 0 Å². The van der Waals surface area contributed by atoms with E-state index in [0.29, 0.717) is 17.2 Å². The van der Waals surface area contributed by atoms with Crippen molar-refractivity contribution >= 4 is 34.1 Å². The summed E-state index contributed by atoms with van der Waals surface area (Å²) in [6.07, 6.45) is 2.81. The largest absolute Gasteiger partial charge is 0.462 e. The van der Waals surface area contributed by atoms with Gasteiger partial charge >= 0.3 is 5.97 Å². The van der Waals surface area contributed by atoms with Gasteiger partial charge in [-0.1, -0.05) is 0 Å². The fourth-order valence-electron chi connectivity index (χ4n) is 2.84. The summed E-state index contributed by atoms with van der Waals surface area (Å²) in [6.45, 7) is 2.47. The molecule has 0 saturated carbocycles. The van der Waals surface area contributed by atoms with Gasteiger partial charge in [-0.3, -0.25) is 9.59 Å². The highest BCUT2D eigenvalue weighted by molar-refractivity contribution is 7.17. The van der Waals surface area contributed by atoms with Crippen molar-refractivity contribution in [3.63, 3.8) is 0 Å². The highest BCUT2D eigenvalue weighted by Gasteiger charge is 2.28. The molecule has 1 atom stereocenters. The summed E-state index contributed by atoms with van der Waals surface area (Å²) in [6, 6.07) is 0. The molecule has 138 valence electrons. The lowest BCUT2D eigenvalue weighted by atomic mass is 10.1. The van der Waals surface area contributed by atoms with Crippen LogP contribution < -0.4 is 10.2 Å². The number of esters is 1. The number of likely N-dealkylation sites (N-methyl/N-ethyl adjacent to an activating group) is 2. The first-order valence-corrected chi connectivity index (χ1v) is 9.28. The van der Waals surface area contributed by atoms with Crippen molar-refractivity contribution in [1.82, 2.24) is 4.90 Å². The van der Waals surface area contributed by atoms with Gasteiger partial charge in [0, 0.05) is 19.0 Å². The molecule has 7 nitrogen and oxygen atoms in total. The van der Waals surface area contributed by atoms with Crippen LogP contribution in [0.1, 0.15) is 34.1 Å². The predicted octanol–water partition coefficient (Wildman–Crippen LogP) is -0.0451. The Morgan fingerprint density at radius 2 is 1.96 bits per heavy atom. The summed E-state index contributed by atoms with van der Waals surface area (Å²) in [5, 5.41) is 3.42. The van der Waals surface area contributed by atoms with Gasteiger partial charge in [-0.25, -0.2) is 4.79 Å². The van der Waals surface area contributed by atoms with E-state index in [4.69, 9.17) is 4.74 Å². The fraction of sp³-hybridized carbons (Fsp3) is 0.588. The molecule has 0 aliphatic heterocycles. The van der Waals surface area contributed by atoms with E-state index in [0.717, 1.165) is 34.6 Å². The van der Waals surface area contributed by atoms with Crippen molar-refractivity contribution in [3.8, 4) is 0 Å². The molecular weight excluding hydrogens is 342 g/mol. The lowest BCUT2D eigenvalue weighted by Gasteiger charge is -2.16. The van der Waals surface area contributed by atoms with Crippen LogP contribution in [0, 0.1) is 0 Å². The third-order valence-corrected chi connectivity index (χ3v) is 5.28. The first-order valence-electron chi connectivity index (χ1n) is 8.46. The SMILES string of the molecule is CCOC(=O)c1c(NC(=O)C[NH+](C)CC(=O)N(C)C)sc2c1CCC2. The molecule has 2 amide bonds. The summed E-state index contributed by atoms with van der Waals surface area (Å²) in [7, 11) is 5.17. The zero-order chi connectivity index (χ0) is 18.6. The van der Waals surface area contributed by atoms with Crippen molar-refractivity contribution < 1.29 is 24.0 Å². The molecule has 1 aliphatic carbocycles. The number of hydrogen-bond donors (Lipinski definition) is 2. The summed E-state index contributed by atoms with van der Waals surface area (Å²) in [5.74, 6) is -0.622. The number of aryl methyl sites for hydroxylation is 1. The number of nitrogens with zero attached hydrogens (tertiary/aromatic N) is 1. The number of thiophene rings is 1. The zero-order valence-corrected chi connectivity index (χ0v) is 16.0. The minimum absolute atomic E-state index is 0.0346. The van der Waals surface area contributed by atoms with Crippen LogP contribution >= 0.6 is 11.3 Å². The molecular formula is C17H26N3O4S+. The number of anilines is 1. The molecule has 1 aromatic heterocycles. The predicted molar refractivity (Wildman–Crippen MR) is 96.2 cm³/mol. The number of nitrogens with one attached hydrogen (secondary N) is 2. The Balaban J connectivity index is 2.06. The highest BCUT2D eigenvalue weighted by Crippen LogP contribution is 2.39. The Bertz CT molecular complexity index is 669. The number of fused-ring (bicyclic) bond motifs is 1. The fourth-order valence-corrected chi connectivity index (χ4v) is 4.13. The standard InChI is InChI=1S/C17H25N3O4S/c1-5-24-17(23)15-11-7-6-8-12(11)25-16(15)18-13(21)9-20(4)10-14(22)19(2)3/h5-10H2,1-4H3,(H,18,21)/p+1. The van der Waals surface area contributed by atoms with Gasteiger partial charge in [0.1, 0.15) is 5.00 Å². The van der Waals surface area contributed by atoms with Crippen molar-refractivity contribution in [2.24, 2.45) is 0 Å². The molecule has 1 heterocycles. The Kier molecular flexibility index (Phi) is 6.55. The molecule has 8 heteroatoms. The minimum atomic E-state index is -0.374. The second-order valence-electron chi connectivity index (χ2n) is 6.43. The molecule has 1 aromatic rings. The first kappa shape index (κ1) is 19.4.